The minimum absolute atomic E-state index is 0.136. The van der Waals surface area contributed by atoms with E-state index in [0.29, 0.717) is 13.0 Å². The van der Waals surface area contributed by atoms with Crippen molar-refractivity contribution in [3.8, 4) is 0 Å². The second kappa shape index (κ2) is 8.08. The third-order valence-electron chi connectivity index (χ3n) is 2.70. The number of carbonyl (C=O) groups excluding carboxylic acids is 1. The molecule has 1 amide bonds. The fourth-order valence-corrected chi connectivity index (χ4v) is 1.54. The molecule has 0 bridgehead atoms. The lowest BCUT2D eigenvalue weighted by molar-refractivity contribution is -0.137. The second-order valence-corrected chi connectivity index (χ2v) is 4.53. The topological polar surface area (TPSA) is 66.4 Å². The lowest BCUT2D eigenvalue weighted by Crippen LogP contribution is -2.26. The van der Waals surface area contributed by atoms with Gasteiger partial charge in [-0.15, -0.1) is 0 Å². The highest BCUT2D eigenvalue weighted by Gasteiger charge is 2.06. The highest BCUT2D eigenvalue weighted by molar-refractivity contribution is 5.91. The molecule has 0 spiro atoms. The lowest BCUT2D eigenvalue weighted by atomic mass is 10.1. The molecule has 1 aromatic carbocycles. The van der Waals surface area contributed by atoms with E-state index >= 15 is 0 Å². The predicted octanol–water partition coefficient (Wildman–Crippen LogP) is 2.32. The molecule has 0 fully saturated rings. The first-order valence-electron chi connectivity index (χ1n) is 6.30. The predicted molar refractivity (Wildman–Crippen MR) is 74.5 cm³/mol. The van der Waals surface area contributed by atoms with Crippen LogP contribution >= 0.6 is 0 Å². The van der Waals surface area contributed by atoms with Crippen molar-refractivity contribution in [2.24, 2.45) is 5.92 Å². The number of aliphatic carboxylic acids is 1. The van der Waals surface area contributed by atoms with Crippen LogP contribution in [-0.4, -0.2) is 23.5 Å². The maximum Gasteiger partial charge on any atom is 0.303 e. The van der Waals surface area contributed by atoms with Gasteiger partial charge in [-0.2, -0.15) is 0 Å². The molecule has 0 saturated carbocycles. The van der Waals surface area contributed by atoms with Gasteiger partial charge in [0.05, 0.1) is 0 Å². The maximum atomic E-state index is 11.5. The minimum atomic E-state index is -0.804. The number of hydrogen-bond acceptors (Lipinski definition) is 2. The Kier molecular flexibility index (Phi) is 6.36. The third kappa shape index (κ3) is 7.03. The highest BCUT2D eigenvalue weighted by Crippen LogP contribution is 2.04. The van der Waals surface area contributed by atoms with Gasteiger partial charge >= 0.3 is 5.97 Å². The lowest BCUT2D eigenvalue weighted by Gasteiger charge is -2.09. The number of carboxylic acids is 1. The Morgan fingerprint density at radius 3 is 2.63 bits per heavy atom. The molecule has 0 aliphatic heterocycles. The highest BCUT2D eigenvalue weighted by atomic mass is 16.4. The smallest absolute Gasteiger partial charge is 0.303 e. The molecule has 1 rings (SSSR count). The van der Waals surface area contributed by atoms with Gasteiger partial charge in [-0.1, -0.05) is 37.3 Å². The average Bonchev–Trinajstić information content (AvgIpc) is 2.41. The van der Waals surface area contributed by atoms with Crippen LogP contribution in [-0.2, 0) is 9.59 Å². The van der Waals surface area contributed by atoms with Crippen molar-refractivity contribution in [1.82, 2.24) is 5.32 Å². The van der Waals surface area contributed by atoms with Gasteiger partial charge in [-0.3, -0.25) is 9.59 Å². The summed E-state index contributed by atoms with van der Waals surface area (Å²) in [6.45, 7) is 2.41. The molecule has 4 nitrogen and oxygen atoms in total. The summed E-state index contributed by atoms with van der Waals surface area (Å²) in [5, 5.41) is 11.3. The van der Waals surface area contributed by atoms with E-state index in [1.807, 2.05) is 37.3 Å². The fraction of sp³-hybridized carbons (Fsp3) is 0.333. The van der Waals surface area contributed by atoms with E-state index in [2.05, 4.69) is 5.32 Å². The normalized spacial score (nSPS) is 12.3. The van der Waals surface area contributed by atoms with E-state index < -0.39 is 5.97 Å². The molecule has 1 unspecified atom stereocenters. The molecule has 19 heavy (non-hydrogen) atoms. The number of rotatable bonds is 7. The standard InChI is InChI=1S/C15H19NO3/c1-12(7-10-15(18)19)11-16-14(17)9-8-13-5-3-2-4-6-13/h2-6,8-9,12H,7,10-11H2,1H3,(H,16,17)(H,18,19)/b9-8+. The van der Waals surface area contributed by atoms with Crippen LogP contribution in [0.15, 0.2) is 36.4 Å². The Morgan fingerprint density at radius 2 is 2.00 bits per heavy atom. The second-order valence-electron chi connectivity index (χ2n) is 4.53. The molecular formula is C15H19NO3. The van der Waals surface area contributed by atoms with Gasteiger partial charge in [0.15, 0.2) is 0 Å². The van der Waals surface area contributed by atoms with Crippen molar-refractivity contribution in [3.63, 3.8) is 0 Å². The molecular weight excluding hydrogens is 242 g/mol. The van der Waals surface area contributed by atoms with Gasteiger partial charge < -0.3 is 10.4 Å². The van der Waals surface area contributed by atoms with Gasteiger partial charge in [-0.25, -0.2) is 0 Å². The van der Waals surface area contributed by atoms with Crippen molar-refractivity contribution < 1.29 is 14.7 Å². The van der Waals surface area contributed by atoms with Crippen LogP contribution in [0.25, 0.3) is 6.08 Å². The van der Waals surface area contributed by atoms with Crippen molar-refractivity contribution in [3.05, 3.63) is 42.0 Å². The summed E-state index contributed by atoms with van der Waals surface area (Å²) in [4.78, 5) is 21.9. The summed E-state index contributed by atoms with van der Waals surface area (Å²) >= 11 is 0. The van der Waals surface area contributed by atoms with Crippen LogP contribution in [0.2, 0.25) is 0 Å². The molecule has 0 saturated heterocycles. The molecule has 0 aromatic heterocycles. The minimum Gasteiger partial charge on any atom is -0.481 e. The quantitative estimate of drug-likeness (QED) is 0.740. The Bertz CT molecular complexity index is 440. The molecule has 4 heteroatoms. The van der Waals surface area contributed by atoms with E-state index in [1.165, 1.54) is 6.08 Å². The Morgan fingerprint density at radius 1 is 1.32 bits per heavy atom. The first kappa shape index (κ1) is 15.0. The SMILES string of the molecule is CC(CCC(=O)O)CNC(=O)/C=C/c1ccccc1. The van der Waals surface area contributed by atoms with Gasteiger partial charge in [-0.05, 0) is 24.0 Å². The zero-order chi connectivity index (χ0) is 14.1. The zero-order valence-corrected chi connectivity index (χ0v) is 11.0. The Hall–Kier alpha value is -2.10. The Balaban J connectivity index is 2.28. The molecule has 1 aromatic rings. The largest absolute Gasteiger partial charge is 0.481 e. The number of benzene rings is 1. The number of carboxylic acid groups (broad SMARTS) is 1. The van der Waals surface area contributed by atoms with Gasteiger partial charge in [0, 0.05) is 19.0 Å². The summed E-state index contributed by atoms with van der Waals surface area (Å²) in [7, 11) is 0. The molecule has 102 valence electrons. The van der Waals surface area contributed by atoms with Crippen LogP contribution in [0.4, 0.5) is 0 Å². The van der Waals surface area contributed by atoms with E-state index in [1.54, 1.807) is 6.08 Å². The van der Waals surface area contributed by atoms with Gasteiger partial charge in [0.1, 0.15) is 0 Å². The van der Waals surface area contributed by atoms with Gasteiger partial charge in [0.25, 0.3) is 0 Å². The van der Waals surface area contributed by atoms with Crippen LogP contribution in [0.1, 0.15) is 25.3 Å². The summed E-state index contributed by atoms with van der Waals surface area (Å²) in [6, 6.07) is 9.57. The monoisotopic (exact) mass is 261 g/mol. The zero-order valence-electron chi connectivity index (χ0n) is 11.0. The van der Waals surface area contributed by atoms with Crippen molar-refractivity contribution in [2.45, 2.75) is 19.8 Å². The fourth-order valence-electron chi connectivity index (χ4n) is 1.54. The first-order chi connectivity index (χ1) is 9.08. The van der Waals surface area contributed by atoms with Gasteiger partial charge in [0.2, 0.25) is 5.91 Å². The van der Waals surface area contributed by atoms with Crippen LogP contribution in [0, 0.1) is 5.92 Å². The first-order valence-corrected chi connectivity index (χ1v) is 6.30. The molecule has 0 heterocycles. The van der Waals surface area contributed by atoms with Crippen LogP contribution in [0.3, 0.4) is 0 Å². The molecule has 0 radical (unpaired) electrons. The number of hydrogen-bond donors (Lipinski definition) is 2. The molecule has 1 atom stereocenters. The number of amides is 1. The van der Waals surface area contributed by atoms with E-state index in [0.717, 1.165) is 5.56 Å². The summed E-state index contributed by atoms with van der Waals surface area (Å²) in [5.41, 5.74) is 0.969. The van der Waals surface area contributed by atoms with E-state index in [4.69, 9.17) is 5.11 Å². The molecule has 0 aliphatic rings. The number of nitrogens with one attached hydrogen (secondary N) is 1. The average molecular weight is 261 g/mol. The maximum absolute atomic E-state index is 11.5. The van der Waals surface area contributed by atoms with Crippen molar-refractivity contribution >= 4 is 18.0 Å². The summed E-state index contributed by atoms with van der Waals surface area (Å²) in [5.74, 6) is -0.807. The van der Waals surface area contributed by atoms with Crippen molar-refractivity contribution in [1.29, 1.82) is 0 Å². The van der Waals surface area contributed by atoms with E-state index in [9.17, 15) is 9.59 Å². The Labute approximate surface area is 113 Å². The van der Waals surface area contributed by atoms with Crippen molar-refractivity contribution in [2.75, 3.05) is 6.54 Å². The number of carbonyl (C=O) groups is 2. The third-order valence-corrected chi connectivity index (χ3v) is 2.70. The van der Waals surface area contributed by atoms with Crippen LogP contribution < -0.4 is 5.32 Å². The summed E-state index contributed by atoms with van der Waals surface area (Å²) in [6.07, 6.45) is 3.94. The van der Waals surface area contributed by atoms with Crippen LogP contribution in [0.5, 0.6) is 0 Å². The molecule has 2 N–H and O–H groups in total. The molecule has 0 aliphatic carbocycles. The van der Waals surface area contributed by atoms with E-state index in [-0.39, 0.29) is 18.2 Å². The summed E-state index contributed by atoms with van der Waals surface area (Å²) < 4.78 is 0.